The molecular formula is C19H29N5O. The molecule has 2 heterocycles. The highest BCUT2D eigenvalue weighted by atomic mass is 16.1. The molecular weight excluding hydrogens is 314 g/mol. The second kappa shape index (κ2) is 9.84. The van der Waals surface area contributed by atoms with E-state index in [4.69, 9.17) is 4.79 Å². The number of likely N-dealkylation sites (tertiary alicyclic amines) is 1. The van der Waals surface area contributed by atoms with Gasteiger partial charge >= 0.3 is 0 Å². The number of piperidine rings is 1. The van der Waals surface area contributed by atoms with E-state index in [1.54, 1.807) is 13.4 Å². The fourth-order valence-electron chi connectivity index (χ4n) is 3.10. The van der Waals surface area contributed by atoms with Crippen molar-refractivity contribution in [3.8, 4) is 0 Å². The molecule has 0 unspecified atom stereocenters. The first kappa shape index (κ1) is 19.0. The standard InChI is InChI=1S/C17H24N4.C2H5NO/c1-14-17(19-13-18-14)12-21-10-8-16(9-11-21)20(2)15-6-4-3-5-7-15;1-3-2-4/h3-7,13,16H,8-12H2,1-2H3,(H,18,19);2H,1H3,(H,3,4). The molecule has 0 spiro atoms. The number of rotatable bonds is 5. The van der Waals surface area contributed by atoms with Gasteiger partial charge in [-0.25, -0.2) is 4.98 Å². The fraction of sp³-hybridized carbons (Fsp3) is 0.474. The second-order valence-electron chi connectivity index (χ2n) is 6.33. The van der Waals surface area contributed by atoms with Gasteiger partial charge in [0.05, 0.1) is 12.0 Å². The number of hydrogen-bond acceptors (Lipinski definition) is 4. The first-order valence-electron chi connectivity index (χ1n) is 8.75. The van der Waals surface area contributed by atoms with Gasteiger partial charge in [0, 0.05) is 51.2 Å². The number of carbonyl (C=O) groups is 1. The van der Waals surface area contributed by atoms with Crippen LogP contribution in [0.15, 0.2) is 36.7 Å². The summed E-state index contributed by atoms with van der Waals surface area (Å²) in [4.78, 5) is 21.6. The Bertz CT molecular complexity index is 620. The smallest absolute Gasteiger partial charge is 0.206 e. The maximum atomic E-state index is 9.06. The monoisotopic (exact) mass is 343 g/mol. The third-order valence-electron chi connectivity index (χ3n) is 4.69. The van der Waals surface area contributed by atoms with Gasteiger partial charge in [0.2, 0.25) is 6.41 Å². The molecule has 0 bridgehead atoms. The van der Waals surface area contributed by atoms with Crippen LogP contribution in [0.1, 0.15) is 24.2 Å². The van der Waals surface area contributed by atoms with Crippen LogP contribution in [0.2, 0.25) is 0 Å². The third kappa shape index (κ3) is 5.60. The Morgan fingerprint density at radius 3 is 2.48 bits per heavy atom. The largest absolute Gasteiger partial charge is 0.372 e. The number of nitrogens with one attached hydrogen (secondary N) is 2. The quantitative estimate of drug-likeness (QED) is 0.817. The molecule has 1 amide bonds. The zero-order valence-electron chi connectivity index (χ0n) is 15.4. The summed E-state index contributed by atoms with van der Waals surface area (Å²) in [6, 6.07) is 11.3. The van der Waals surface area contributed by atoms with Crippen LogP contribution in [0.25, 0.3) is 0 Å². The van der Waals surface area contributed by atoms with Gasteiger partial charge in [0.15, 0.2) is 0 Å². The van der Waals surface area contributed by atoms with Gasteiger partial charge in [-0.1, -0.05) is 18.2 Å². The summed E-state index contributed by atoms with van der Waals surface area (Å²) in [6.45, 7) is 5.36. The van der Waals surface area contributed by atoms with Gasteiger partial charge in [0.1, 0.15) is 0 Å². The highest BCUT2D eigenvalue weighted by Gasteiger charge is 2.23. The topological polar surface area (TPSA) is 64.3 Å². The lowest BCUT2D eigenvalue weighted by atomic mass is 10.0. The third-order valence-corrected chi connectivity index (χ3v) is 4.69. The number of nitrogens with zero attached hydrogens (tertiary/aromatic N) is 3. The number of aryl methyl sites for hydroxylation is 1. The molecule has 1 saturated heterocycles. The molecule has 1 aromatic carbocycles. The van der Waals surface area contributed by atoms with Gasteiger partial charge in [-0.3, -0.25) is 9.69 Å². The number of H-pyrrole nitrogens is 1. The minimum atomic E-state index is 0.625. The molecule has 1 aliphatic rings. The van der Waals surface area contributed by atoms with Crippen molar-refractivity contribution in [2.24, 2.45) is 0 Å². The molecule has 0 radical (unpaired) electrons. The predicted molar refractivity (Wildman–Crippen MR) is 102 cm³/mol. The van der Waals surface area contributed by atoms with Crippen molar-refractivity contribution >= 4 is 12.1 Å². The summed E-state index contributed by atoms with van der Waals surface area (Å²) in [5, 5.41) is 2.25. The first-order valence-corrected chi connectivity index (χ1v) is 8.75. The molecule has 0 saturated carbocycles. The van der Waals surface area contributed by atoms with Crippen molar-refractivity contribution in [1.82, 2.24) is 20.2 Å². The van der Waals surface area contributed by atoms with Crippen LogP contribution in [0, 0.1) is 6.92 Å². The van der Waals surface area contributed by atoms with E-state index >= 15 is 0 Å². The summed E-state index contributed by atoms with van der Waals surface area (Å²) in [7, 11) is 3.78. The van der Waals surface area contributed by atoms with E-state index in [1.165, 1.54) is 29.9 Å². The van der Waals surface area contributed by atoms with Crippen molar-refractivity contribution in [2.45, 2.75) is 32.4 Å². The number of hydrogen-bond donors (Lipinski definition) is 2. The van der Waals surface area contributed by atoms with Crippen molar-refractivity contribution in [3.05, 3.63) is 48.0 Å². The summed E-state index contributed by atoms with van der Waals surface area (Å²) in [6.07, 6.45) is 4.85. The summed E-state index contributed by atoms with van der Waals surface area (Å²) in [5.74, 6) is 0. The molecule has 25 heavy (non-hydrogen) atoms. The SMILES string of the molecule is CNC=O.Cc1[nH]cnc1CN1CCC(N(C)c2ccccc2)CC1. The lowest BCUT2D eigenvalue weighted by Gasteiger charge is -2.37. The molecule has 6 heteroatoms. The van der Waals surface area contributed by atoms with Gasteiger partial charge in [-0.05, 0) is 31.9 Å². The van der Waals surface area contributed by atoms with E-state index in [-0.39, 0.29) is 0 Å². The fourth-order valence-corrected chi connectivity index (χ4v) is 3.10. The lowest BCUT2D eigenvalue weighted by molar-refractivity contribution is -0.109. The minimum Gasteiger partial charge on any atom is -0.372 e. The van der Waals surface area contributed by atoms with Gasteiger partial charge in [0.25, 0.3) is 0 Å². The summed E-state index contributed by atoms with van der Waals surface area (Å²) >= 11 is 0. The molecule has 1 aliphatic heterocycles. The zero-order chi connectivity index (χ0) is 18.1. The van der Waals surface area contributed by atoms with Crippen LogP contribution in [-0.4, -0.2) is 54.5 Å². The van der Waals surface area contributed by atoms with Crippen molar-refractivity contribution in [1.29, 1.82) is 0 Å². The number of para-hydroxylation sites is 1. The number of amides is 1. The number of carbonyl (C=O) groups excluding carboxylic acids is 1. The van der Waals surface area contributed by atoms with Crippen LogP contribution < -0.4 is 10.2 Å². The van der Waals surface area contributed by atoms with Crippen LogP contribution in [0.3, 0.4) is 0 Å². The van der Waals surface area contributed by atoms with Gasteiger partial charge in [-0.15, -0.1) is 0 Å². The number of benzene rings is 1. The predicted octanol–water partition coefficient (Wildman–Crippen LogP) is 2.18. The van der Waals surface area contributed by atoms with E-state index in [0.29, 0.717) is 12.5 Å². The maximum Gasteiger partial charge on any atom is 0.206 e. The number of imidazole rings is 1. The average Bonchev–Trinajstić information content (AvgIpc) is 3.07. The van der Waals surface area contributed by atoms with E-state index in [0.717, 1.165) is 19.6 Å². The minimum absolute atomic E-state index is 0.625. The number of aromatic nitrogens is 2. The van der Waals surface area contributed by atoms with Crippen molar-refractivity contribution < 1.29 is 4.79 Å². The number of aromatic amines is 1. The Morgan fingerprint density at radius 1 is 1.32 bits per heavy atom. The van der Waals surface area contributed by atoms with Crippen LogP contribution in [0.4, 0.5) is 5.69 Å². The van der Waals surface area contributed by atoms with Gasteiger partial charge in [-0.2, -0.15) is 0 Å². The molecule has 3 rings (SSSR count). The Hall–Kier alpha value is -2.34. The molecule has 6 nitrogen and oxygen atoms in total. The molecule has 2 aromatic rings. The second-order valence-corrected chi connectivity index (χ2v) is 6.33. The van der Waals surface area contributed by atoms with E-state index in [1.807, 2.05) is 0 Å². The number of anilines is 1. The highest BCUT2D eigenvalue weighted by Crippen LogP contribution is 2.22. The molecule has 0 aliphatic carbocycles. The zero-order valence-corrected chi connectivity index (χ0v) is 15.4. The van der Waals surface area contributed by atoms with Crippen LogP contribution >= 0.6 is 0 Å². The molecule has 1 aromatic heterocycles. The average molecular weight is 343 g/mol. The maximum absolute atomic E-state index is 9.06. The first-order chi connectivity index (χ1) is 12.2. The van der Waals surface area contributed by atoms with Crippen molar-refractivity contribution in [3.63, 3.8) is 0 Å². The van der Waals surface area contributed by atoms with E-state index < -0.39 is 0 Å². The van der Waals surface area contributed by atoms with E-state index in [9.17, 15) is 0 Å². The Morgan fingerprint density at radius 2 is 1.96 bits per heavy atom. The summed E-state index contributed by atoms with van der Waals surface area (Å²) in [5.41, 5.74) is 3.70. The van der Waals surface area contributed by atoms with Crippen LogP contribution in [-0.2, 0) is 11.3 Å². The van der Waals surface area contributed by atoms with Gasteiger partial charge < -0.3 is 15.2 Å². The Balaban J connectivity index is 0.000000511. The van der Waals surface area contributed by atoms with E-state index in [2.05, 4.69) is 69.4 Å². The highest BCUT2D eigenvalue weighted by molar-refractivity contribution is 5.46. The normalized spacial score (nSPS) is 15.2. The molecule has 136 valence electrons. The molecule has 2 N–H and O–H groups in total. The molecule has 1 fully saturated rings. The van der Waals surface area contributed by atoms with Crippen LogP contribution in [0.5, 0.6) is 0 Å². The Kier molecular flexibility index (Phi) is 7.47. The lowest BCUT2D eigenvalue weighted by Crippen LogP contribution is -2.43. The van der Waals surface area contributed by atoms with Crippen molar-refractivity contribution in [2.75, 3.05) is 32.1 Å². The summed E-state index contributed by atoms with van der Waals surface area (Å²) < 4.78 is 0. The molecule has 0 atom stereocenters. The Labute approximate surface area is 150 Å².